The Morgan fingerprint density at radius 3 is 2.88 bits per heavy atom. The summed E-state index contributed by atoms with van der Waals surface area (Å²) in [5.41, 5.74) is 2.57. The summed E-state index contributed by atoms with van der Waals surface area (Å²) < 4.78 is 6.81. The first-order valence-electron chi connectivity index (χ1n) is 6.04. The largest absolute Gasteiger partial charge is 0.496 e. The molecule has 17 heavy (non-hydrogen) atoms. The zero-order valence-corrected chi connectivity index (χ0v) is 11.9. The van der Waals surface area contributed by atoms with Crippen LogP contribution in [0, 0.1) is 6.92 Å². The number of rotatable bonds is 4. The fraction of sp³-hybridized carbons (Fsp3) is 0.429. The van der Waals surface area contributed by atoms with Crippen LogP contribution in [0.1, 0.15) is 30.5 Å². The van der Waals surface area contributed by atoms with E-state index in [0.29, 0.717) is 0 Å². The Bertz CT molecular complexity index is 428. The van der Waals surface area contributed by atoms with Gasteiger partial charge in [0.15, 0.2) is 0 Å². The van der Waals surface area contributed by atoms with Gasteiger partial charge in [-0.25, -0.2) is 0 Å². The molecular weight excluding hydrogens is 278 g/mol. The minimum absolute atomic E-state index is 0.190. The lowest BCUT2D eigenvalue weighted by Crippen LogP contribution is -2.23. The molecule has 0 aromatic heterocycles. The molecule has 0 saturated carbocycles. The quantitative estimate of drug-likeness (QED) is 0.914. The lowest BCUT2D eigenvalue weighted by atomic mass is 9.99. The number of likely N-dealkylation sites (N-methyl/N-ethyl adjacent to an activating group) is 1. The van der Waals surface area contributed by atoms with Crippen LogP contribution in [0.4, 0.5) is 0 Å². The van der Waals surface area contributed by atoms with Crippen molar-refractivity contribution in [3.63, 3.8) is 0 Å². The molecule has 1 aliphatic heterocycles. The maximum atomic E-state index is 5.69. The molecule has 1 heterocycles. The maximum absolute atomic E-state index is 5.69. The van der Waals surface area contributed by atoms with Crippen molar-refractivity contribution in [2.75, 3.05) is 13.2 Å². The molecule has 0 radical (unpaired) electrons. The summed E-state index contributed by atoms with van der Waals surface area (Å²) in [6.07, 6.45) is 3.21. The highest BCUT2D eigenvalue weighted by Gasteiger charge is 2.21. The Balaban J connectivity index is 2.31. The molecular formula is C14H18BrNO. The van der Waals surface area contributed by atoms with Crippen LogP contribution in [0.5, 0.6) is 0 Å². The fourth-order valence-electron chi connectivity index (χ4n) is 2.17. The molecule has 0 bridgehead atoms. The molecule has 2 nitrogen and oxygen atoms in total. The molecule has 2 rings (SSSR count). The van der Waals surface area contributed by atoms with Crippen LogP contribution in [-0.2, 0) is 4.74 Å². The summed E-state index contributed by atoms with van der Waals surface area (Å²) in [7, 11) is 0. The van der Waals surface area contributed by atoms with Crippen molar-refractivity contribution in [1.29, 1.82) is 0 Å². The van der Waals surface area contributed by atoms with E-state index < -0.39 is 0 Å². The minimum Gasteiger partial charge on any atom is -0.496 e. The van der Waals surface area contributed by atoms with E-state index in [1.165, 1.54) is 11.1 Å². The number of hydrogen-bond donors (Lipinski definition) is 1. The van der Waals surface area contributed by atoms with Crippen molar-refractivity contribution in [3.8, 4) is 0 Å². The maximum Gasteiger partial charge on any atom is 0.114 e. The third-order valence-electron chi connectivity index (χ3n) is 2.97. The molecule has 1 atom stereocenters. The molecule has 0 fully saturated rings. The van der Waals surface area contributed by atoms with E-state index in [0.717, 1.165) is 29.8 Å². The first-order valence-corrected chi connectivity index (χ1v) is 6.84. The third kappa shape index (κ3) is 2.90. The minimum atomic E-state index is 0.190. The van der Waals surface area contributed by atoms with Gasteiger partial charge in [0.2, 0.25) is 0 Å². The van der Waals surface area contributed by atoms with Gasteiger partial charge in [0, 0.05) is 10.9 Å². The summed E-state index contributed by atoms with van der Waals surface area (Å²) in [6.45, 7) is 6.00. The van der Waals surface area contributed by atoms with Crippen molar-refractivity contribution in [3.05, 3.63) is 45.6 Å². The Morgan fingerprint density at radius 1 is 1.47 bits per heavy atom. The normalized spacial score (nSPS) is 16.5. The molecule has 3 heteroatoms. The van der Waals surface area contributed by atoms with Crippen LogP contribution < -0.4 is 5.32 Å². The van der Waals surface area contributed by atoms with Crippen molar-refractivity contribution < 1.29 is 4.74 Å². The van der Waals surface area contributed by atoms with Gasteiger partial charge in [-0.05, 0) is 42.8 Å². The molecule has 0 aliphatic carbocycles. The number of aryl methyl sites for hydroxylation is 1. The van der Waals surface area contributed by atoms with Crippen LogP contribution in [0.3, 0.4) is 0 Å². The molecule has 1 unspecified atom stereocenters. The second-order valence-corrected chi connectivity index (χ2v) is 5.15. The number of nitrogens with one attached hydrogen (secondary N) is 1. The zero-order valence-electron chi connectivity index (χ0n) is 10.3. The topological polar surface area (TPSA) is 21.3 Å². The molecule has 1 N–H and O–H groups in total. The summed E-state index contributed by atoms with van der Waals surface area (Å²) in [6, 6.07) is 6.59. The summed E-state index contributed by atoms with van der Waals surface area (Å²) in [5.74, 6) is 1.07. The van der Waals surface area contributed by atoms with Gasteiger partial charge in [0.25, 0.3) is 0 Å². The smallest absolute Gasteiger partial charge is 0.114 e. The van der Waals surface area contributed by atoms with E-state index in [1.807, 2.05) is 0 Å². The van der Waals surface area contributed by atoms with E-state index in [4.69, 9.17) is 4.74 Å². The highest BCUT2D eigenvalue weighted by molar-refractivity contribution is 9.10. The van der Waals surface area contributed by atoms with Crippen LogP contribution in [0.25, 0.3) is 0 Å². The van der Waals surface area contributed by atoms with Gasteiger partial charge in [0.05, 0.1) is 12.6 Å². The SMILES string of the molecule is CCNC(C1=CCCO1)c1ccc(Br)cc1C. The molecule has 92 valence electrons. The predicted octanol–water partition coefficient (Wildman–Crippen LogP) is 3.71. The second-order valence-electron chi connectivity index (χ2n) is 4.24. The lowest BCUT2D eigenvalue weighted by Gasteiger charge is -2.21. The van der Waals surface area contributed by atoms with Gasteiger partial charge < -0.3 is 10.1 Å². The number of hydrogen-bond acceptors (Lipinski definition) is 2. The summed E-state index contributed by atoms with van der Waals surface area (Å²) in [4.78, 5) is 0. The first kappa shape index (κ1) is 12.7. The van der Waals surface area contributed by atoms with Crippen molar-refractivity contribution in [2.45, 2.75) is 26.3 Å². The number of benzene rings is 1. The standard InChI is InChI=1S/C14H18BrNO/c1-3-16-14(13-5-4-8-17-13)12-7-6-11(15)9-10(12)2/h5-7,9,14,16H,3-4,8H2,1-2H3. The van der Waals surface area contributed by atoms with Crippen LogP contribution in [0.2, 0.25) is 0 Å². The highest BCUT2D eigenvalue weighted by Crippen LogP contribution is 2.29. The Morgan fingerprint density at radius 2 is 2.29 bits per heavy atom. The molecule has 1 aromatic rings. The van der Waals surface area contributed by atoms with Gasteiger partial charge in [-0.15, -0.1) is 0 Å². The van der Waals surface area contributed by atoms with Gasteiger partial charge in [-0.3, -0.25) is 0 Å². The van der Waals surface area contributed by atoms with Gasteiger partial charge in [-0.2, -0.15) is 0 Å². The predicted molar refractivity (Wildman–Crippen MR) is 73.9 cm³/mol. The van der Waals surface area contributed by atoms with Gasteiger partial charge >= 0.3 is 0 Å². The van der Waals surface area contributed by atoms with Crippen LogP contribution in [0.15, 0.2) is 34.5 Å². The van der Waals surface area contributed by atoms with E-state index in [2.05, 4.69) is 59.4 Å². The summed E-state index contributed by atoms with van der Waals surface area (Å²) in [5, 5.41) is 3.49. The van der Waals surface area contributed by atoms with E-state index in [-0.39, 0.29) is 6.04 Å². The lowest BCUT2D eigenvalue weighted by molar-refractivity contribution is 0.216. The van der Waals surface area contributed by atoms with E-state index in [9.17, 15) is 0 Å². The number of halogens is 1. The zero-order chi connectivity index (χ0) is 12.3. The van der Waals surface area contributed by atoms with E-state index in [1.54, 1.807) is 0 Å². The molecule has 1 aromatic carbocycles. The summed E-state index contributed by atoms with van der Waals surface area (Å²) >= 11 is 3.50. The Labute approximate surface area is 111 Å². The van der Waals surface area contributed by atoms with Crippen molar-refractivity contribution >= 4 is 15.9 Å². The highest BCUT2D eigenvalue weighted by atomic mass is 79.9. The number of ether oxygens (including phenoxy) is 1. The molecule has 0 saturated heterocycles. The molecule has 0 spiro atoms. The Kier molecular flexibility index (Phi) is 4.24. The Hall–Kier alpha value is -0.800. The average Bonchev–Trinajstić information content (AvgIpc) is 2.80. The van der Waals surface area contributed by atoms with Crippen molar-refractivity contribution in [2.24, 2.45) is 0 Å². The van der Waals surface area contributed by atoms with Crippen LogP contribution in [-0.4, -0.2) is 13.2 Å². The third-order valence-corrected chi connectivity index (χ3v) is 3.46. The van der Waals surface area contributed by atoms with Gasteiger partial charge in [-0.1, -0.05) is 28.9 Å². The first-order chi connectivity index (χ1) is 8.22. The molecule has 0 amide bonds. The molecule has 1 aliphatic rings. The van der Waals surface area contributed by atoms with Gasteiger partial charge in [0.1, 0.15) is 5.76 Å². The van der Waals surface area contributed by atoms with Crippen molar-refractivity contribution in [1.82, 2.24) is 5.32 Å². The fourth-order valence-corrected chi connectivity index (χ4v) is 2.64. The average molecular weight is 296 g/mol. The van der Waals surface area contributed by atoms with Crippen LogP contribution >= 0.6 is 15.9 Å². The monoisotopic (exact) mass is 295 g/mol. The second kappa shape index (κ2) is 5.69. The van der Waals surface area contributed by atoms with E-state index >= 15 is 0 Å².